The number of hydrogen-bond acceptors (Lipinski definition) is 7. The lowest BCUT2D eigenvalue weighted by Gasteiger charge is -2.55. The van der Waals surface area contributed by atoms with Crippen LogP contribution in [0, 0.1) is 34.5 Å². The van der Waals surface area contributed by atoms with Crippen molar-refractivity contribution in [1.82, 2.24) is 0 Å². The van der Waals surface area contributed by atoms with Gasteiger partial charge in [0.05, 0.1) is 18.1 Å². The zero-order valence-electron chi connectivity index (χ0n) is 24.6. The highest BCUT2D eigenvalue weighted by Gasteiger charge is 2.77. The first-order chi connectivity index (χ1) is 19.3. The smallest absolute Gasteiger partial charge is 0.349 e. The van der Waals surface area contributed by atoms with Gasteiger partial charge in [-0.05, 0) is 78.5 Å². The van der Waals surface area contributed by atoms with E-state index in [9.17, 15) is 15.0 Å². The van der Waals surface area contributed by atoms with Gasteiger partial charge in [-0.3, -0.25) is 0 Å². The fraction of sp³-hybridized carbons (Fsp3) is 0.559. The Bertz CT molecular complexity index is 1450. The molecular formula is C34H40O6S. The van der Waals surface area contributed by atoms with Crippen LogP contribution < -0.4 is 0 Å². The third-order valence-electron chi connectivity index (χ3n) is 11.1. The number of thiophene rings is 1. The van der Waals surface area contributed by atoms with Crippen molar-refractivity contribution < 1.29 is 29.2 Å². The summed E-state index contributed by atoms with van der Waals surface area (Å²) in [6, 6.07) is 11.7. The Morgan fingerprint density at radius 2 is 1.85 bits per heavy atom. The molecule has 1 aromatic carbocycles. The summed E-state index contributed by atoms with van der Waals surface area (Å²) in [5.41, 5.74) is 0.606. The molecule has 1 aliphatic heterocycles. The Hall–Kier alpha value is -2.29. The molecule has 0 radical (unpaired) electrons. The number of carbonyl (C=O) groups is 1. The normalized spacial score (nSPS) is 41.5. The number of rotatable bonds is 3. The molecule has 2 saturated carbocycles. The molecule has 218 valence electrons. The first kappa shape index (κ1) is 27.5. The minimum atomic E-state index is -1.72. The second-order valence-corrected chi connectivity index (χ2v) is 14.9. The Morgan fingerprint density at radius 1 is 1.12 bits per heavy atom. The molecule has 4 aliphatic carbocycles. The molecular weight excluding hydrogens is 536 g/mol. The fourth-order valence-electron chi connectivity index (χ4n) is 9.08. The third kappa shape index (κ3) is 3.65. The minimum absolute atomic E-state index is 0.0793. The molecule has 2 bridgehead atoms. The lowest BCUT2D eigenvalue weighted by Crippen LogP contribution is -2.69. The Morgan fingerprint density at radius 3 is 2.59 bits per heavy atom. The summed E-state index contributed by atoms with van der Waals surface area (Å²) in [5, 5.41) is 27.6. The van der Waals surface area contributed by atoms with E-state index in [0.29, 0.717) is 16.7 Å². The zero-order valence-corrected chi connectivity index (χ0v) is 25.4. The molecule has 1 spiro atoms. The molecule has 2 heterocycles. The van der Waals surface area contributed by atoms with Crippen LogP contribution in [0.15, 0.2) is 65.1 Å². The molecule has 1 saturated heterocycles. The molecule has 1 aromatic heterocycles. The molecule has 9 atom stereocenters. The summed E-state index contributed by atoms with van der Waals surface area (Å²) in [4.78, 5) is 14.4. The van der Waals surface area contributed by atoms with Crippen LogP contribution in [0.3, 0.4) is 0 Å². The molecule has 5 aliphatic rings. The Labute approximate surface area is 246 Å². The van der Waals surface area contributed by atoms with Crippen molar-refractivity contribution in [2.45, 2.75) is 77.7 Å². The summed E-state index contributed by atoms with van der Waals surface area (Å²) in [7, 11) is 0. The number of aliphatic hydroxyl groups is 2. The van der Waals surface area contributed by atoms with E-state index in [1.807, 2.05) is 68.6 Å². The van der Waals surface area contributed by atoms with Gasteiger partial charge in [0.1, 0.15) is 16.6 Å². The molecule has 7 heteroatoms. The third-order valence-corrected chi connectivity index (χ3v) is 12.0. The number of esters is 1. The van der Waals surface area contributed by atoms with E-state index in [4.69, 9.17) is 14.2 Å². The van der Waals surface area contributed by atoms with Crippen molar-refractivity contribution >= 4 is 17.3 Å². The van der Waals surface area contributed by atoms with Crippen molar-refractivity contribution in [2.75, 3.05) is 6.61 Å². The zero-order chi connectivity index (χ0) is 29.1. The monoisotopic (exact) mass is 576 g/mol. The van der Waals surface area contributed by atoms with Crippen molar-refractivity contribution in [3.63, 3.8) is 0 Å². The van der Waals surface area contributed by atoms with E-state index < -0.39 is 41.1 Å². The predicted molar refractivity (Wildman–Crippen MR) is 157 cm³/mol. The van der Waals surface area contributed by atoms with Gasteiger partial charge in [-0.15, -0.1) is 11.3 Å². The van der Waals surface area contributed by atoms with E-state index in [2.05, 4.69) is 26.8 Å². The molecule has 41 heavy (non-hydrogen) atoms. The van der Waals surface area contributed by atoms with E-state index in [0.717, 1.165) is 28.7 Å². The lowest BCUT2D eigenvalue weighted by atomic mass is 9.58. The van der Waals surface area contributed by atoms with Gasteiger partial charge in [0.25, 0.3) is 0 Å². The average Bonchev–Trinajstić information content (AvgIpc) is 3.21. The SMILES string of the molecule is CC1=C[C@]23C(O)[C@@H](C=C4COC(C)(C)O[C@H]4[C@]2(O)[C@H]1OC(=O)c1sccc1-c1ccccc1)[C@H]1[C@@H](C[C@H]3C)C1(C)C. The van der Waals surface area contributed by atoms with Crippen LogP contribution in [0.5, 0.6) is 0 Å². The summed E-state index contributed by atoms with van der Waals surface area (Å²) >= 11 is 1.33. The summed E-state index contributed by atoms with van der Waals surface area (Å²) in [6.45, 7) is 12.6. The molecule has 2 aromatic rings. The van der Waals surface area contributed by atoms with Gasteiger partial charge in [-0.2, -0.15) is 0 Å². The van der Waals surface area contributed by atoms with Crippen LogP contribution in [0.2, 0.25) is 0 Å². The quantitative estimate of drug-likeness (QED) is 0.345. The highest BCUT2D eigenvalue weighted by Crippen LogP contribution is 2.73. The number of fused-ring (bicyclic) bond motifs is 5. The number of ether oxygens (including phenoxy) is 3. The Kier molecular flexibility index (Phi) is 5.95. The van der Waals surface area contributed by atoms with Gasteiger partial charge in [-0.1, -0.05) is 63.3 Å². The molecule has 2 N–H and O–H groups in total. The maximum Gasteiger partial charge on any atom is 0.349 e. The average molecular weight is 577 g/mol. The number of hydrogen-bond donors (Lipinski definition) is 2. The number of carbonyl (C=O) groups excluding carboxylic acids is 1. The van der Waals surface area contributed by atoms with E-state index >= 15 is 0 Å². The standard InChI is InChI=1S/C34H40O6S/c1-18-16-33-19(2)14-24-25(31(24,3)4)23(27(33)35)15-21-17-38-32(5,6)40-29(21)34(33,37)28(18)39-30(36)26-22(12-13-41-26)20-10-8-7-9-11-20/h7-13,15-16,19,23-25,27-29,35,37H,14,17H2,1-6H3/t19-,23+,24-,25+,27?,28+,29-,33+,34-/m1/s1. The first-order valence-corrected chi connectivity index (χ1v) is 15.7. The highest BCUT2D eigenvalue weighted by molar-refractivity contribution is 7.12. The largest absolute Gasteiger partial charge is 0.450 e. The molecule has 0 amide bonds. The summed E-state index contributed by atoms with van der Waals surface area (Å²) in [5.74, 6) is -0.961. The van der Waals surface area contributed by atoms with Gasteiger partial charge < -0.3 is 24.4 Å². The van der Waals surface area contributed by atoms with Crippen LogP contribution in [0.25, 0.3) is 11.1 Å². The molecule has 6 nitrogen and oxygen atoms in total. The van der Waals surface area contributed by atoms with E-state index in [1.165, 1.54) is 11.3 Å². The first-order valence-electron chi connectivity index (χ1n) is 14.8. The maximum absolute atomic E-state index is 13.9. The topological polar surface area (TPSA) is 85.2 Å². The van der Waals surface area contributed by atoms with Gasteiger partial charge in [0, 0.05) is 11.5 Å². The number of aliphatic hydroxyl groups excluding tert-OH is 1. The van der Waals surface area contributed by atoms with Crippen LogP contribution in [-0.4, -0.2) is 52.5 Å². The summed E-state index contributed by atoms with van der Waals surface area (Å²) in [6.07, 6.45) is 2.35. The van der Waals surface area contributed by atoms with Gasteiger partial charge >= 0.3 is 5.97 Å². The highest BCUT2D eigenvalue weighted by atomic mass is 32.1. The van der Waals surface area contributed by atoms with Crippen molar-refractivity contribution in [3.05, 3.63) is 70.0 Å². The van der Waals surface area contributed by atoms with Crippen molar-refractivity contribution in [1.29, 1.82) is 0 Å². The molecule has 1 unspecified atom stereocenters. The van der Waals surface area contributed by atoms with Gasteiger partial charge in [0.15, 0.2) is 11.9 Å². The van der Waals surface area contributed by atoms with Crippen LogP contribution in [-0.2, 0) is 14.2 Å². The minimum Gasteiger partial charge on any atom is -0.450 e. The molecule has 7 rings (SSSR count). The fourth-order valence-corrected chi connectivity index (χ4v) is 9.88. The lowest BCUT2D eigenvalue weighted by molar-refractivity contribution is -0.312. The molecule has 3 fully saturated rings. The van der Waals surface area contributed by atoms with Gasteiger partial charge in [0.2, 0.25) is 0 Å². The Balaban J connectivity index is 1.35. The second kappa shape index (κ2) is 8.87. The summed E-state index contributed by atoms with van der Waals surface area (Å²) < 4.78 is 19.0. The van der Waals surface area contributed by atoms with Crippen LogP contribution in [0.1, 0.15) is 57.6 Å². The number of benzene rings is 1. The van der Waals surface area contributed by atoms with Crippen molar-refractivity contribution in [2.24, 2.45) is 34.5 Å². The van der Waals surface area contributed by atoms with Crippen molar-refractivity contribution in [3.8, 4) is 11.1 Å². The predicted octanol–water partition coefficient (Wildman–Crippen LogP) is 6.00. The van der Waals surface area contributed by atoms with Gasteiger partial charge in [-0.25, -0.2) is 4.79 Å². The van der Waals surface area contributed by atoms with E-state index in [-0.39, 0.29) is 23.9 Å². The maximum atomic E-state index is 13.9. The van der Waals surface area contributed by atoms with Crippen LogP contribution >= 0.6 is 11.3 Å². The van der Waals surface area contributed by atoms with E-state index in [1.54, 1.807) is 0 Å². The second-order valence-electron chi connectivity index (χ2n) is 14.0. The van der Waals surface area contributed by atoms with Crippen LogP contribution in [0.4, 0.5) is 0 Å².